The Morgan fingerprint density at radius 1 is 1.25 bits per heavy atom. The highest BCUT2D eigenvalue weighted by Crippen LogP contribution is 2.16. The molecule has 1 aromatic carbocycles. The molecule has 0 aromatic heterocycles. The van der Waals surface area contributed by atoms with E-state index in [0.29, 0.717) is 17.9 Å². The molecule has 0 heterocycles. The molecule has 0 unspecified atom stereocenters. The average molecular weight is 289 g/mol. The zero-order valence-electron chi connectivity index (χ0n) is 8.84. The highest BCUT2D eigenvalue weighted by atomic mass is 35.5. The third kappa shape index (κ3) is 6.05. The van der Waals surface area contributed by atoms with E-state index in [2.05, 4.69) is 0 Å². The molecule has 6 heteroatoms. The Morgan fingerprint density at radius 3 is 2.31 bits per heavy atom. The number of carbonyl (C=O) groups excluding carboxylic acids is 1. The third-order valence-electron chi connectivity index (χ3n) is 1.61. The van der Waals surface area contributed by atoms with E-state index >= 15 is 0 Å². The van der Waals surface area contributed by atoms with E-state index in [9.17, 15) is 4.79 Å². The van der Waals surface area contributed by atoms with E-state index in [4.69, 9.17) is 10.5 Å². The third-order valence-corrected chi connectivity index (χ3v) is 1.61. The van der Waals surface area contributed by atoms with Crippen LogP contribution in [0.15, 0.2) is 24.3 Å². The summed E-state index contributed by atoms with van der Waals surface area (Å²) in [5.41, 5.74) is 5.61. The molecule has 1 aromatic rings. The molecule has 0 saturated heterocycles. The van der Waals surface area contributed by atoms with Gasteiger partial charge in [-0.3, -0.25) is 4.79 Å². The van der Waals surface area contributed by atoms with Crippen molar-refractivity contribution >= 4 is 43.1 Å². The summed E-state index contributed by atoms with van der Waals surface area (Å²) < 4.78 is 5.35. The van der Waals surface area contributed by atoms with E-state index in [1.54, 1.807) is 18.2 Å². The number of ether oxygens (including phenoxy) is 1. The Balaban J connectivity index is -0.000000563. The molecule has 0 saturated carbocycles. The Morgan fingerprint density at radius 2 is 1.81 bits per heavy atom. The normalized spacial score (nSPS) is 7.81. The van der Waals surface area contributed by atoms with E-state index in [1.165, 1.54) is 0 Å². The maximum atomic E-state index is 10.9. The molecule has 0 bridgehead atoms. The minimum absolute atomic E-state index is 0. The lowest BCUT2D eigenvalue weighted by atomic mass is 10.2. The van der Waals surface area contributed by atoms with Crippen LogP contribution >= 0.6 is 37.2 Å². The topological polar surface area (TPSA) is 52.3 Å². The van der Waals surface area contributed by atoms with Crippen molar-refractivity contribution in [1.29, 1.82) is 0 Å². The zero-order chi connectivity index (χ0) is 9.68. The maximum Gasteiger partial charge on any atom is 0.252 e. The van der Waals surface area contributed by atoms with E-state index in [-0.39, 0.29) is 37.2 Å². The van der Waals surface area contributed by atoms with Gasteiger partial charge in [0.2, 0.25) is 0 Å². The zero-order valence-corrected chi connectivity index (χ0v) is 11.3. The maximum absolute atomic E-state index is 10.9. The second-order valence-corrected chi connectivity index (χ2v) is 2.71. The molecule has 1 rings (SSSR count). The lowest BCUT2D eigenvalue weighted by Gasteiger charge is -2.07. The molecule has 1 amide bonds. The van der Waals surface area contributed by atoms with Crippen LogP contribution in [0.4, 0.5) is 0 Å². The molecule has 94 valence electrons. The Bertz CT molecular complexity index is 308. The summed E-state index contributed by atoms with van der Waals surface area (Å²) in [7, 11) is 0. The van der Waals surface area contributed by atoms with Crippen molar-refractivity contribution in [2.24, 2.45) is 5.73 Å². The molecule has 0 aliphatic heterocycles. The summed E-state index contributed by atoms with van der Waals surface area (Å²) in [5.74, 6) is 0.114. The van der Waals surface area contributed by atoms with Gasteiger partial charge < -0.3 is 10.5 Å². The van der Waals surface area contributed by atoms with Gasteiger partial charge in [-0.05, 0) is 18.6 Å². The SMILES string of the molecule is CCCOc1ccccc1C(N)=O.Cl.Cl.Cl. The predicted molar refractivity (Wildman–Crippen MR) is 72.5 cm³/mol. The second kappa shape index (κ2) is 10.9. The van der Waals surface area contributed by atoms with Crippen molar-refractivity contribution in [1.82, 2.24) is 0 Å². The fourth-order valence-corrected chi connectivity index (χ4v) is 1.01. The number of carbonyl (C=O) groups is 1. The monoisotopic (exact) mass is 287 g/mol. The van der Waals surface area contributed by atoms with Crippen molar-refractivity contribution in [2.75, 3.05) is 6.61 Å². The smallest absolute Gasteiger partial charge is 0.252 e. The number of primary amides is 1. The van der Waals surface area contributed by atoms with Crippen molar-refractivity contribution in [3.8, 4) is 5.75 Å². The van der Waals surface area contributed by atoms with Gasteiger partial charge in [-0.1, -0.05) is 19.1 Å². The number of amides is 1. The molecule has 0 aliphatic rings. The molecule has 16 heavy (non-hydrogen) atoms. The standard InChI is InChI=1S/C10H13NO2.3ClH/c1-2-7-13-9-6-4-3-5-8(9)10(11)12;;;/h3-6H,2,7H2,1H3,(H2,11,12);3*1H. The van der Waals surface area contributed by atoms with Crippen LogP contribution in [0.2, 0.25) is 0 Å². The number of para-hydroxylation sites is 1. The fourth-order valence-electron chi connectivity index (χ4n) is 1.01. The minimum Gasteiger partial charge on any atom is -0.493 e. The van der Waals surface area contributed by atoms with Gasteiger partial charge in [-0.15, -0.1) is 37.2 Å². The molecular weight excluding hydrogens is 272 g/mol. The Labute approximate surface area is 114 Å². The van der Waals surface area contributed by atoms with Gasteiger partial charge in [0.25, 0.3) is 5.91 Å². The fraction of sp³-hybridized carbons (Fsp3) is 0.300. The van der Waals surface area contributed by atoms with E-state index < -0.39 is 5.91 Å². The summed E-state index contributed by atoms with van der Waals surface area (Å²) in [5, 5.41) is 0. The van der Waals surface area contributed by atoms with Gasteiger partial charge in [0.15, 0.2) is 0 Å². The van der Waals surface area contributed by atoms with Gasteiger partial charge in [0, 0.05) is 0 Å². The molecule has 3 nitrogen and oxygen atoms in total. The van der Waals surface area contributed by atoms with Crippen LogP contribution in [0.25, 0.3) is 0 Å². The number of halogens is 3. The summed E-state index contributed by atoms with van der Waals surface area (Å²) in [6.07, 6.45) is 0.910. The first kappa shape index (κ1) is 20.7. The Kier molecular flexibility index (Phi) is 14.1. The molecule has 0 fully saturated rings. The van der Waals surface area contributed by atoms with E-state index in [1.807, 2.05) is 13.0 Å². The van der Waals surface area contributed by atoms with Gasteiger partial charge in [0.05, 0.1) is 12.2 Å². The molecule has 0 radical (unpaired) electrons. The molecule has 2 N–H and O–H groups in total. The lowest BCUT2D eigenvalue weighted by molar-refractivity contribution is 0.0996. The quantitative estimate of drug-likeness (QED) is 0.926. The van der Waals surface area contributed by atoms with Crippen LogP contribution in [-0.4, -0.2) is 12.5 Å². The van der Waals surface area contributed by atoms with Gasteiger partial charge in [-0.25, -0.2) is 0 Å². The van der Waals surface area contributed by atoms with Gasteiger partial charge in [-0.2, -0.15) is 0 Å². The lowest BCUT2D eigenvalue weighted by Crippen LogP contribution is -2.13. The Hall–Kier alpha value is -0.640. The van der Waals surface area contributed by atoms with E-state index in [0.717, 1.165) is 6.42 Å². The molecular formula is C10H16Cl3NO2. The predicted octanol–water partition coefficient (Wildman–Crippen LogP) is 2.84. The number of nitrogens with two attached hydrogens (primary N) is 1. The van der Waals surface area contributed by atoms with Crippen molar-refractivity contribution in [2.45, 2.75) is 13.3 Å². The summed E-state index contributed by atoms with van der Waals surface area (Å²) >= 11 is 0. The summed E-state index contributed by atoms with van der Waals surface area (Å²) in [6.45, 7) is 2.61. The van der Waals surface area contributed by atoms with Crippen LogP contribution in [0.3, 0.4) is 0 Å². The van der Waals surface area contributed by atoms with Crippen LogP contribution < -0.4 is 10.5 Å². The number of benzene rings is 1. The number of hydrogen-bond donors (Lipinski definition) is 1. The first-order valence-corrected chi connectivity index (χ1v) is 4.27. The number of rotatable bonds is 4. The summed E-state index contributed by atoms with van der Waals surface area (Å²) in [4.78, 5) is 10.9. The van der Waals surface area contributed by atoms with Crippen molar-refractivity contribution < 1.29 is 9.53 Å². The minimum atomic E-state index is -0.452. The molecule has 0 atom stereocenters. The average Bonchev–Trinajstić information content (AvgIpc) is 2.15. The van der Waals surface area contributed by atoms with Crippen LogP contribution in [0.1, 0.15) is 23.7 Å². The number of hydrogen-bond acceptors (Lipinski definition) is 2. The largest absolute Gasteiger partial charge is 0.493 e. The second-order valence-electron chi connectivity index (χ2n) is 2.71. The highest BCUT2D eigenvalue weighted by Gasteiger charge is 2.06. The highest BCUT2D eigenvalue weighted by molar-refractivity contribution is 5.95. The van der Waals surface area contributed by atoms with Crippen LogP contribution in [0, 0.1) is 0 Å². The molecule has 0 aliphatic carbocycles. The van der Waals surface area contributed by atoms with Gasteiger partial charge >= 0.3 is 0 Å². The summed E-state index contributed by atoms with van der Waals surface area (Å²) in [6, 6.07) is 6.99. The van der Waals surface area contributed by atoms with Crippen molar-refractivity contribution in [3.05, 3.63) is 29.8 Å². The molecule has 0 spiro atoms. The first-order valence-electron chi connectivity index (χ1n) is 4.27. The van der Waals surface area contributed by atoms with Crippen molar-refractivity contribution in [3.63, 3.8) is 0 Å². The van der Waals surface area contributed by atoms with Gasteiger partial charge in [0.1, 0.15) is 5.75 Å². The first-order chi connectivity index (χ1) is 6.25. The van der Waals surface area contributed by atoms with Crippen LogP contribution in [0.5, 0.6) is 5.75 Å². The van der Waals surface area contributed by atoms with Crippen LogP contribution in [-0.2, 0) is 0 Å².